The Morgan fingerprint density at radius 1 is 1.21 bits per heavy atom. The van der Waals surface area contributed by atoms with Gasteiger partial charge in [-0.15, -0.1) is 0 Å². The van der Waals surface area contributed by atoms with E-state index in [2.05, 4.69) is 42.0 Å². The van der Waals surface area contributed by atoms with E-state index in [0.717, 1.165) is 42.3 Å². The second-order valence-electron chi connectivity index (χ2n) is 6.22. The van der Waals surface area contributed by atoms with Crippen molar-refractivity contribution in [1.29, 1.82) is 0 Å². The van der Waals surface area contributed by atoms with Crippen LogP contribution in [0.5, 0.6) is 5.75 Å². The van der Waals surface area contributed by atoms with Crippen LogP contribution in [-0.2, 0) is 0 Å². The minimum absolute atomic E-state index is 0.484. The van der Waals surface area contributed by atoms with Gasteiger partial charge in [0.15, 0.2) is 0 Å². The first-order chi connectivity index (χ1) is 11.7. The lowest BCUT2D eigenvalue weighted by molar-refractivity contribution is 0.169. The molecule has 1 aliphatic heterocycles. The standard InChI is InChI=1S/C20H26N2O2/c1-3-22-13-14-24-20-15-16(9-10-18(20)22)19(23)11-12-21(2)17-7-5-4-6-8-17/h4-10,15,19,23H,3,11-14H2,1-2H3. The first-order valence-corrected chi connectivity index (χ1v) is 8.65. The van der Waals surface area contributed by atoms with E-state index >= 15 is 0 Å². The Kier molecular flexibility index (Phi) is 5.26. The lowest BCUT2D eigenvalue weighted by Crippen LogP contribution is -2.32. The summed E-state index contributed by atoms with van der Waals surface area (Å²) < 4.78 is 5.78. The van der Waals surface area contributed by atoms with Gasteiger partial charge in [0.2, 0.25) is 0 Å². The van der Waals surface area contributed by atoms with Gasteiger partial charge in [0, 0.05) is 25.8 Å². The van der Waals surface area contributed by atoms with Crippen LogP contribution in [0, 0.1) is 0 Å². The van der Waals surface area contributed by atoms with Crippen molar-refractivity contribution in [3.8, 4) is 5.75 Å². The number of anilines is 2. The summed E-state index contributed by atoms with van der Waals surface area (Å²) in [6, 6.07) is 16.3. The number of benzene rings is 2. The third kappa shape index (κ3) is 3.65. The van der Waals surface area contributed by atoms with Gasteiger partial charge in [-0.05, 0) is 43.2 Å². The van der Waals surface area contributed by atoms with E-state index in [4.69, 9.17) is 4.74 Å². The van der Waals surface area contributed by atoms with Crippen molar-refractivity contribution < 1.29 is 9.84 Å². The van der Waals surface area contributed by atoms with Crippen LogP contribution < -0.4 is 14.5 Å². The minimum atomic E-state index is -0.484. The quantitative estimate of drug-likeness (QED) is 0.882. The molecule has 0 radical (unpaired) electrons. The lowest BCUT2D eigenvalue weighted by atomic mass is 10.0. The molecule has 4 nitrogen and oxygen atoms in total. The lowest BCUT2D eigenvalue weighted by Gasteiger charge is -2.31. The number of fused-ring (bicyclic) bond motifs is 1. The highest BCUT2D eigenvalue weighted by atomic mass is 16.5. The zero-order valence-corrected chi connectivity index (χ0v) is 14.5. The van der Waals surface area contributed by atoms with Gasteiger partial charge in [-0.3, -0.25) is 0 Å². The molecule has 0 spiro atoms. The van der Waals surface area contributed by atoms with Crippen molar-refractivity contribution in [3.63, 3.8) is 0 Å². The van der Waals surface area contributed by atoms with Crippen LogP contribution in [0.2, 0.25) is 0 Å². The molecular weight excluding hydrogens is 300 g/mol. The van der Waals surface area contributed by atoms with Crippen molar-refractivity contribution in [2.75, 3.05) is 43.1 Å². The zero-order valence-electron chi connectivity index (χ0n) is 14.5. The molecule has 2 aromatic carbocycles. The van der Waals surface area contributed by atoms with Crippen LogP contribution in [0.15, 0.2) is 48.5 Å². The maximum Gasteiger partial charge on any atom is 0.143 e. The van der Waals surface area contributed by atoms with E-state index < -0.39 is 6.10 Å². The van der Waals surface area contributed by atoms with Gasteiger partial charge < -0.3 is 19.6 Å². The summed E-state index contributed by atoms with van der Waals surface area (Å²) in [7, 11) is 2.05. The summed E-state index contributed by atoms with van der Waals surface area (Å²) in [5, 5.41) is 10.5. The number of aliphatic hydroxyl groups is 1. The summed E-state index contributed by atoms with van der Waals surface area (Å²) in [5.41, 5.74) is 3.21. The third-order valence-corrected chi connectivity index (χ3v) is 4.64. The molecule has 2 aromatic rings. The number of ether oxygens (including phenoxy) is 1. The predicted octanol–water partition coefficient (Wildman–Crippen LogP) is 3.47. The molecule has 4 heteroatoms. The first kappa shape index (κ1) is 16.7. The Labute approximate surface area is 144 Å². The van der Waals surface area contributed by atoms with Crippen molar-refractivity contribution in [2.24, 2.45) is 0 Å². The molecule has 0 amide bonds. The van der Waals surface area contributed by atoms with E-state index in [-0.39, 0.29) is 0 Å². The van der Waals surface area contributed by atoms with Crippen LogP contribution in [0.25, 0.3) is 0 Å². The van der Waals surface area contributed by atoms with Gasteiger partial charge in [0.25, 0.3) is 0 Å². The van der Waals surface area contributed by atoms with Gasteiger partial charge in [-0.1, -0.05) is 24.3 Å². The molecular formula is C20H26N2O2. The number of hydrogen-bond donors (Lipinski definition) is 1. The summed E-state index contributed by atoms with van der Waals surface area (Å²) in [4.78, 5) is 4.47. The fraction of sp³-hybridized carbons (Fsp3) is 0.400. The van der Waals surface area contributed by atoms with E-state index in [9.17, 15) is 5.11 Å². The maximum absolute atomic E-state index is 10.5. The molecule has 1 aliphatic rings. The van der Waals surface area contributed by atoms with Crippen molar-refractivity contribution in [2.45, 2.75) is 19.4 Å². The van der Waals surface area contributed by atoms with Crippen LogP contribution in [0.3, 0.4) is 0 Å². The Morgan fingerprint density at radius 3 is 2.75 bits per heavy atom. The minimum Gasteiger partial charge on any atom is -0.490 e. The molecule has 0 aromatic heterocycles. The Balaban J connectivity index is 1.64. The van der Waals surface area contributed by atoms with E-state index in [0.29, 0.717) is 13.0 Å². The van der Waals surface area contributed by atoms with Crippen molar-refractivity contribution >= 4 is 11.4 Å². The number of likely N-dealkylation sites (N-methyl/N-ethyl adjacent to an activating group) is 1. The van der Waals surface area contributed by atoms with Gasteiger partial charge in [0.05, 0.1) is 18.3 Å². The van der Waals surface area contributed by atoms with E-state index in [1.54, 1.807) is 0 Å². The van der Waals surface area contributed by atoms with Crippen LogP contribution >= 0.6 is 0 Å². The second-order valence-corrected chi connectivity index (χ2v) is 6.22. The SMILES string of the molecule is CCN1CCOc2cc(C(O)CCN(C)c3ccccc3)ccc21. The molecule has 1 heterocycles. The maximum atomic E-state index is 10.5. The topological polar surface area (TPSA) is 35.9 Å². The average molecular weight is 326 g/mol. The molecule has 1 N–H and O–H groups in total. The highest BCUT2D eigenvalue weighted by Crippen LogP contribution is 2.34. The van der Waals surface area contributed by atoms with E-state index in [1.807, 2.05) is 30.3 Å². The molecule has 128 valence electrons. The summed E-state index contributed by atoms with van der Waals surface area (Å²) in [5.74, 6) is 0.885. The average Bonchev–Trinajstić information content (AvgIpc) is 2.65. The Bertz CT molecular complexity index is 660. The zero-order chi connectivity index (χ0) is 16.9. The number of para-hydroxylation sites is 1. The molecule has 0 saturated heterocycles. The monoisotopic (exact) mass is 326 g/mol. The molecule has 0 fully saturated rings. The summed E-state index contributed by atoms with van der Waals surface area (Å²) >= 11 is 0. The number of hydrogen-bond acceptors (Lipinski definition) is 4. The molecule has 3 rings (SSSR count). The van der Waals surface area contributed by atoms with Gasteiger partial charge in [-0.25, -0.2) is 0 Å². The molecule has 24 heavy (non-hydrogen) atoms. The van der Waals surface area contributed by atoms with Crippen molar-refractivity contribution in [3.05, 3.63) is 54.1 Å². The van der Waals surface area contributed by atoms with Gasteiger partial charge >= 0.3 is 0 Å². The predicted molar refractivity (Wildman–Crippen MR) is 99.1 cm³/mol. The molecule has 0 aliphatic carbocycles. The Morgan fingerprint density at radius 2 is 2.00 bits per heavy atom. The molecule has 0 bridgehead atoms. The summed E-state index contributed by atoms with van der Waals surface area (Å²) in [6.07, 6.45) is 0.198. The van der Waals surface area contributed by atoms with Gasteiger partial charge in [0.1, 0.15) is 12.4 Å². The Hall–Kier alpha value is -2.20. The summed E-state index contributed by atoms with van der Waals surface area (Å²) in [6.45, 7) is 5.55. The molecule has 1 atom stereocenters. The van der Waals surface area contributed by atoms with E-state index in [1.165, 1.54) is 0 Å². The van der Waals surface area contributed by atoms with Crippen molar-refractivity contribution in [1.82, 2.24) is 0 Å². The normalized spacial score (nSPS) is 14.7. The number of rotatable bonds is 6. The number of aliphatic hydroxyl groups excluding tert-OH is 1. The first-order valence-electron chi connectivity index (χ1n) is 8.65. The highest BCUT2D eigenvalue weighted by Gasteiger charge is 2.19. The third-order valence-electron chi connectivity index (χ3n) is 4.64. The molecule has 0 saturated carbocycles. The largest absolute Gasteiger partial charge is 0.490 e. The van der Waals surface area contributed by atoms with Crippen LogP contribution in [0.1, 0.15) is 25.0 Å². The van der Waals surface area contributed by atoms with Crippen LogP contribution in [-0.4, -0.2) is 38.4 Å². The number of nitrogens with zero attached hydrogens (tertiary/aromatic N) is 2. The fourth-order valence-electron chi connectivity index (χ4n) is 3.12. The smallest absolute Gasteiger partial charge is 0.143 e. The van der Waals surface area contributed by atoms with Gasteiger partial charge in [-0.2, -0.15) is 0 Å². The fourth-order valence-corrected chi connectivity index (χ4v) is 3.12. The second kappa shape index (κ2) is 7.58. The highest BCUT2D eigenvalue weighted by molar-refractivity contribution is 5.61. The van der Waals surface area contributed by atoms with Crippen LogP contribution in [0.4, 0.5) is 11.4 Å². The molecule has 1 unspecified atom stereocenters.